The summed E-state index contributed by atoms with van der Waals surface area (Å²) in [5.41, 5.74) is -0.0133. The summed E-state index contributed by atoms with van der Waals surface area (Å²) in [5.74, 6) is 0. The molecule has 14 heavy (non-hydrogen) atoms. The maximum absolute atomic E-state index is 10.7. The van der Waals surface area contributed by atoms with E-state index in [0.717, 1.165) is 12.8 Å². The zero-order valence-corrected chi connectivity index (χ0v) is 10.4. The number of hydrogen-bond donors (Lipinski definition) is 1. The van der Waals surface area contributed by atoms with Crippen LogP contribution in [0.1, 0.15) is 65.2 Å². The Bertz CT molecular complexity index is 148. The highest BCUT2D eigenvalue weighted by molar-refractivity contribution is 7.38. The van der Waals surface area contributed by atoms with Gasteiger partial charge in [-0.1, -0.05) is 45.4 Å². The molecule has 0 aromatic rings. The summed E-state index contributed by atoms with van der Waals surface area (Å²) >= 11 is 0. The highest BCUT2D eigenvalue weighted by Gasteiger charge is 2.21. The summed E-state index contributed by atoms with van der Waals surface area (Å²) in [7, 11) is -1.94. The van der Waals surface area contributed by atoms with Crippen LogP contribution >= 0.6 is 8.03 Å². The van der Waals surface area contributed by atoms with Crippen molar-refractivity contribution in [3.05, 3.63) is 0 Å². The van der Waals surface area contributed by atoms with E-state index in [2.05, 4.69) is 6.92 Å². The average Bonchev–Trinajstić information content (AvgIpc) is 2.16. The zero-order valence-electron chi connectivity index (χ0n) is 9.54. The quantitative estimate of drug-likeness (QED) is 0.465. The summed E-state index contributed by atoms with van der Waals surface area (Å²) in [6.45, 7) is 4.08. The molecule has 0 rings (SSSR count). The first kappa shape index (κ1) is 14.1. The lowest BCUT2D eigenvalue weighted by molar-refractivity contribution is 0.482. The van der Waals surface area contributed by atoms with Crippen LogP contribution in [0.25, 0.3) is 0 Å². The predicted molar refractivity (Wildman–Crippen MR) is 61.9 cm³/mol. The van der Waals surface area contributed by atoms with Crippen LogP contribution in [0.15, 0.2) is 0 Å². The van der Waals surface area contributed by atoms with Gasteiger partial charge < -0.3 is 0 Å². The highest BCUT2D eigenvalue weighted by atomic mass is 31.1. The minimum absolute atomic E-state index is 0.0133. The van der Waals surface area contributed by atoms with Crippen molar-refractivity contribution in [3.8, 4) is 0 Å². The Morgan fingerprint density at radius 3 is 2.07 bits per heavy atom. The molecule has 3 heteroatoms. The molecule has 0 amide bonds. The molecule has 0 saturated carbocycles. The van der Waals surface area contributed by atoms with E-state index in [-0.39, 0.29) is 5.66 Å². The molecule has 0 heterocycles. The van der Waals surface area contributed by atoms with Gasteiger partial charge in [0.15, 0.2) is 5.66 Å². The Labute approximate surface area is 89.0 Å². The van der Waals surface area contributed by atoms with E-state index < -0.39 is 8.03 Å². The molecule has 0 saturated heterocycles. The second-order valence-corrected chi connectivity index (χ2v) is 5.55. The van der Waals surface area contributed by atoms with Crippen LogP contribution in [-0.4, -0.2) is 10.6 Å². The number of unbranched alkanes of at least 4 members (excludes halogenated alkanes) is 6. The van der Waals surface area contributed by atoms with Crippen molar-refractivity contribution >= 4 is 8.03 Å². The minimum Gasteiger partial charge on any atom is -0.161 e. The van der Waals surface area contributed by atoms with Crippen LogP contribution in [0.2, 0.25) is 0 Å². The van der Waals surface area contributed by atoms with Crippen LogP contribution < -0.4 is 0 Å². The summed E-state index contributed by atoms with van der Waals surface area (Å²) in [4.78, 5) is 8.80. The van der Waals surface area contributed by atoms with E-state index in [1.54, 1.807) is 0 Å². The van der Waals surface area contributed by atoms with E-state index >= 15 is 0 Å². The fraction of sp³-hybridized carbons (Fsp3) is 1.00. The standard InChI is InChI=1S/C11H23O2P/c1-3-4-5-6-7-8-9-10-11(2)14(12)13/h11H,3-10H2,1-2H3/p+1. The van der Waals surface area contributed by atoms with E-state index in [1.807, 2.05) is 6.92 Å². The largest absolute Gasteiger partial charge is 0.508 e. The lowest BCUT2D eigenvalue weighted by Crippen LogP contribution is -1.94. The van der Waals surface area contributed by atoms with Gasteiger partial charge in [0, 0.05) is 0 Å². The van der Waals surface area contributed by atoms with Gasteiger partial charge in [0.2, 0.25) is 0 Å². The third-order valence-corrected chi connectivity index (χ3v) is 3.61. The van der Waals surface area contributed by atoms with Gasteiger partial charge in [0.1, 0.15) is 0 Å². The van der Waals surface area contributed by atoms with Crippen molar-refractivity contribution in [1.82, 2.24) is 0 Å². The van der Waals surface area contributed by atoms with Crippen LogP contribution in [0.3, 0.4) is 0 Å². The van der Waals surface area contributed by atoms with Gasteiger partial charge in [0.05, 0.1) is 0 Å². The van der Waals surface area contributed by atoms with Gasteiger partial charge in [-0.3, -0.25) is 0 Å². The van der Waals surface area contributed by atoms with Crippen LogP contribution in [0.4, 0.5) is 0 Å². The molecule has 0 spiro atoms. The van der Waals surface area contributed by atoms with Crippen molar-refractivity contribution in [1.29, 1.82) is 0 Å². The van der Waals surface area contributed by atoms with Crippen LogP contribution in [0.5, 0.6) is 0 Å². The maximum atomic E-state index is 10.7. The van der Waals surface area contributed by atoms with E-state index in [9.17, 15) is 4.57 Å². The Hall–Kier alpha value is 0.0600. The van der Waals surface area contributed by atoms with Gasteiger partial charge >= 0.3 is 8.03 Å². The summed E-state index contributed by atoms with van der Waals surface area (Å²) in [6, 6.07) is 0. The normalized spacial score (nSPS) is 14.1. The molecule has 0 aromatic heterocycles. The van der Waals surface area contributed by atoms with Crippen molar-refractivity contribution in [2.45, 2.75) is 70.9 Å². The third-order valence-electron chi connectivity index (χ3n) is 2.60. The Balaban J connectivity index is 3.09. The fourth-order valence-electron chi connectivity index (χ4n) is 1.51. The Morgan fingerprint density at radius 2 is 1.57 bits per heavy atom. The third kappa shape index (κ3) is 8.65. The van der Waals surface area contributed by atoms with Gasteiger partial charge in [0.25, 0.3) is 0 Å². The molecular formula is C11H24O2P+. The van der Waals surface area contributed by atoms with Crippen LogP contribution in [-0.2, 0) is 4.57 Å². The van der Waals surface area contributed by atoms with Crippen LogP contribution in [0, 0.1) is 0 Å². The lowest BCUT2D eigenvalue weighted by atomic mass is 10.1. The summed E-state index contributed by atoms with van der Waals surface area (Å²) in [5, 5.41) is 0. The van der Waals surface area contributed by atoms with Gasteiger partial charge in [-0.25, -0.2) is 0 Å². The maximum Gasteiger partial charge on any atom is 0.508 e. The smallest absolute Gasteiger partial charge is 0.161 e. The molecule has 0 aliphatic heterocycles. The van der Waals surface area contributed by atoms with Crippen molar-refractivity contribution in [3.63, 3.8) is 0 Å². The topological polar surface area (TPSA) is 37.3 Å². The summed E-state index contributed by atoms with van der Waals surface area (Å²) in [6.07, 6.45) is 9.83. The molecule has 2 atom stereocenters. The van der Waals surface area contributed by atoms with Crippen molar-refractivity contribution < 1.29 is 9.46 Å². The first-order valence-electron chi connectivity index (χ1n) is 5.83. The fourth-order valence-corrected chi connectivity index (χ4v) is 1.91. The summed E-state index contributed by atoms with van der Waals surface area (Å²) < 4.78 is 10.7. The minimum atomic E-state index is -1.94. The lowest BCUT2D eigenvalue weighted by Gasteiger charge is -2.00. The van der Waals surface area contributed by atoms with Crippen molar-refractivity contribution in [2.24, 2.45) is 0 Å². The van der Waals surface area contributed by atoms with Gasteiger partial charge in [-0.05, 0) is 24.3 Å². The highest BCUT2D eigenvalue weighted by Crippen LogP contribution is 2.26. The van der Waals surface area contributed by atoms with Crippen molar-refractivity contribution in [2.75, 3.05) is 0 Å². The second-order valence-electron chi connectivity index (χ2n) is 4.06. The molecule has 1 N–H and O–H groups in total. The van der Waals surface area contributed by atoms with E-state index in [4.69, 9.17) is 4.89 Å². The molecule has 0 radical (unpaired) electrons. The Morgan fingerprint density at radius 1 is 1.07 bits per heavy atom. The molecule has 0 bridgehead atoms. The number of rotatable bonds is 9. The zero-order chi connectivity index (χ0) is 10.8. The molecule has 0 aliphatic carbocycles. The monoisotopic (exact) mass is 219 g/mol. The predicted octanol–water partition coefficient (Wildman–Crippen LogP) is 4.25. The molecule has 2 unspecified atom stereocenters. The van der Waals surface area contributed by atoms with Gasteiger partial charge in [-0.15, -0.1) is 0 Å². The van der Waals surface area contributed by atoms with E-state index in [1.165, 1.54) is 38.5 Å². The number of hydrogen-bond acceptors (Lipinski definition) is 1. The van der Waals surface area contributed by atoms with Gasteiger partial charge in [-0.2, -0.15) is 4.89 Å². The molecule has 84 valence electrons. The Kier molecular flexibility index (Phi) is 9.65. The first-order chi connectivity index (χ1) is 6.68. The van der Waals surface area contributed by atoms with E-state index in [0.29, 0.717) is 0 Å². The second kappa shape index (κ2) is 9.61. The SMILES string of the molecule is CCCCCCCCCC(C)[P+](=O)O. The molecule has 0 aromatic carbocycles. The first-order valence-corrected chi connectivity index (χ1v) is 7.12. The molecule has 0 aliphatic rings. The molecule has 0 fully saturated rings. The molecular weight excluding hydrogens is 195 g/mol. The average molecular weight is 219 g/mol. The molecule has 2 nitrogen and oxygen atoms in total.